The van der Waals surface area contributed by atoms with E-state index in [2.05, 4.69) is 25.8 Å². The smallest absolute Gasteiger partial charge is 0.196 e. The molecule has 2 saturated carbocycles. The van der Waals surface area contributed by atoms with Crippen molar-refractivity contribution < 1.29 is 0 Å². The molecule has 110 valence electrons. The first-order valence-corrected chi connectivity index (χ1v) is 8.38. The van der Waals surface area contributed by atoms with Crippen LogP contribution in [0.15, 0.2) is 28.4 Å². The predicted octanol–water partition coefficient (Wildman–Crippen LogP) is 3.06. The molecular formula is C15H19N5S. The van der Waals surface area contributed by atoms with Crippen LogP contribution in [0, 0.1) is 0 Å². The molecule has 0 unspecified atom stereocenters. The number of rotatable bonds is 5. The molecule has 0 aliphatic heterocycles. The maximum absolute atomic E-state index is 5.84. The Labute approximate surface area is 128 Å². The Hall–Kier alpha value is -1.40. The summed E-state index contributed by atoms with van der Waals surface area (Å²) in [6.45, 7) is 1.95. The van der Waals surface area contributed by atoms with Crippen molar-refractivity contribution in [1.82, 2.24) is 19.7 Å². The molecule has 2 aliphatic rings. The molecule has 21 heavy (non-hydrogen) atoms. The third-order valence-corrected chi connectivity index (χ3v) is 4.92. The molecule has 2 aliphatic carbocycles. The Bertz CT molecular complexity index is 641. The summed E-state index contributed by atoms with van der Waals surface area (Å²) in [4.78, 5) is 5.51. The third kappa shape index (κ3) is 2.70. The zero-order valence-electron chi connectivity index (χ0n) is 12.1. The van der Waals surface area contributed by atoms with Crippen molar-refractivity contribution in [1.29, 1.82) is 0 Å². The van der Waals surface area contributed by atoms with Crippen LogP contribution in [0.5, 0.6) is 0 Å². The van der Waals surface area contributed by atoms with Gasteiger partial charge in [-0.15, -0.1) is 10.2 Å². The first-order valence-electron chi connectivity index (χ1n) is 7.56. The van der Waals surface area contributed by atoms with Gasteiger partial charge in [0, 0.05) is 29.1 Å². The van der Waals surface area contributed by atoms with Gasteiger partial charge in [-0.3, -0.25) is 4.98 Å². The van der Waals surface area contributed by atoms with Crippen LogP contribution in [0.2, 0.25) is 0 Å². The second-order valence-corrected chi connectivity index (χ2v) is 7.07. The van der Waals surface area contributed by atoms with E-state index in [0.717, 1.165) is 15.7 Å². The summed E-state index contributed by atoms with van der Waals surface area (Å²) in [6, 6.07) is 4.65. The van der Waals surface area contributed by atoms with Crippen LogP contribution < -0.4 is 5.73 Å². The number of nitrogens with zero attached hydrogens (tertiary/aromatic N) is 4. The first kappa shape index (κ1) is 13.3. The highest BCUT2D eigenvalue weighted by molar-refractivity contribution is 7.99. The number of hydrogen-bond donors (Lipinski definition) is 1. The quantitative estimate of drug-likeness (QED) is 0.919. The highest BCUT2D eigenvalue weighted by atomic mass is 32.2. The van der Waals surface area contributed by atoms with Crippen molar-refractivity contribution in [3.8, 4) is 0 Å². The number of pyridine rings is 1. The maximum Gasteiger partial charge on any atom is 0.196 e. The van der Waals surface area contributed by atoms with E-state index < -0.39 is 0 Å². The Kier molecular flexibility index (Phi) is 3.23. The molecule has 6 heteroatoms. The van der Waals surface area contributed by atoms with Gasteiger partial charge in [-0.1, -0.05) is 0 Å². The fraction of sp³-hybridized carbons (Fsp3) is 0.533. The van der Waals surface area contributed by atoms with Gasteiger partial charge in [0.2, 0.25) is 0 Å². The Morgan fingerprint density at radius 2 is 2.05 bits per heavy atom. The summed E-state index contributed by atoms with van der Waals surface area (Å²) in [6.07, 6.45) is 6.92. The number of aromatic nitrogens is 4. The monoisotopic (exact) mass is 301 g/mol. The topological polar surface area (TPSA) is 69.6 Å². The average molecular weight is 301 g/mol. The van der Waals surface area contributed by atoms with E-state index >= 15 is 0 Å². The largest absolute Gasteiger partial charge is 0.323 e. The van der Waals surface area contributed by atoms with E-state index in [1.807, 2.05) is 19.2 Å². The van der Waals surface area contributed by atoms with E-state index in [1.54, 1.807) is 11.8 Å². The molecule has 0 spiro atoms. The van der Waals surface area contributed by atoms with Crippen LogP contribution in [0.4, 0.5) is 0 Å². The molecule has 0 saturated heterocycles. The summed E-state index contributed by atoms with van der Waals surface area (Å²) in [7, 11) is 0. The normalized spacial score (nSPS) is 19.7. The van der Waals surface area contributed by atoms with Gasteiger partial charge in [-0.05, 0) is 56.5 Å². The van der Waals surface area contributed by atoms with Gasteiger partial charge >= 0.3 is 0 Å². The average Bonchev–Trinajstić information content (AvgIpc) is 3.39. The lowest BCUT2D eigenvalue weighted by Gasteiger charge is -2.08. The minimum absolute atomic E-state index is 0.0272. The molecule has 0 aromatic carbocycles. The van der Waals surface area contributed by atoms with Gasteiger partial charge < -0.3 is 10.3 Å². The minimum atomic E-state index is -0.0272. The van der Waals surface area contributed by atoms with Crippen molar-refractivity contribution >= 4 is 11.8 Å². The lowest BCUT2D eigenvalue weighted by atomic mass is 10.2. The molecule has 2 heterocycles. The van der Waals surface area contributed by atoms with E-state index in [9.17, 15) is 0 Å². The van der Waals surface area contributed by atoms with Crippen molar-refractivity contribution in [3.05, 3.63) is 29.8 Å². The van der Waals surface area contributed by atoms with Crippen LogP contribution in [-0.2, 0) is 0 Å². The second kappa shape index (κ2) is 5.10. The Balaban J connectivity index is 1.59. The van der Waals surface area contributed by atoms with Crippen molar-refractivity contribution in [2.45, 2.75) is 60.7 Å². The van der Waals surface area contributed by atoms with Crippen LogP contribution >= 0.6 is 11.8 Å². The standard InChI is InChI=1S/C15H19N5S/c1-9(16)13-7-6-12(8-17-13)21-15-19-18-14(10-2-3-10)20(15)11-4-5-11/h6-11H,2-5,16H2,1H3/t9-/m0/s1. The Morgan fingerprint density at radius 1 is 1.24 bits per heavy atom. The fourth-order valence-corrected chi connectivity index (χ4v) is 3.36. The van der Waals surface area contributed by atoms with E-state index in [-0.39, 0.29) is 6.04 Å². The molecule has 0 bridgehead atoms. The zero-order valence-corrected chi connectivity index (χ0v) is 12.9. The molecule has 2 fully saturated rings. The third-order valence-electron chi connectivity index (χ3n) is 3.98. The van der Waals surface area contributed by atoms with E-state index in [0.29, 0.717) is 12.0 Å². The van der Waals surface area contributed by atoms with E-state index in [1.165, 1.54) is 31.5 Å². The fourth-order valence-electron chi connectivity index (χ4n) is 2.48. The van der Waals surface area contributed by atoms with Gasteiger partial charge in [-0.2, -0.15) is 0 Å². The highest BCUT2D eigenvalue weighted by Gasteiger charge is 2.36. The lowest BCUT2D eigenvalue weighted by molar-refractivity contribution is 0.627. The summed E-state index contributed by atoms with van der Waals surface area (Å²) < 4.78 is 2.36. The molecule has 4 rings (SSSR count). The van der Waals surface area contributed by atoms with Crippen molar-refractivity contribution in [2.75, 3.05) is 0 Å². The van der Waals surface area contributed by atoms with Gasteiger partial charge in [0.1, 0.15) is 5.82 Å². The molecule has 2 aromatic heterocycles. The predicted molar refractivity (Wildman–Crippen MR) is 81.2 cm³/mol. The van der Waals surface area contributed by atoms with Gasteiger partial charge in [-0.25, -0.2) is 0 Å². The van der Waals surface area contributed by atoms with Gasteiger partial charge in [0.05, 0.1) is 5.69 Å². The Morgan fingerprint density at radius 3 is 2.62 bits per heavy atom. The molecular weight excluding hydrogens is 282 g/mol. The zero-order chi connectivity index (χ0) is 14.4. The lowest BCUT2D eigenvalue weighted by Crippen LogP contribution is -2.06. The highest BCUT2D eigenvalue weighted by Crippen LogP contribution is 2.46. The molecule has 0 radical (unpaired) electrons. The maximum atomic E-state index is 5.84. The molecule has 2 N–H and O–H groups in total. The summed E-state index contributed by atoms with van der Waals surface area (Å²) in [5.74, 6) is 1.84. The minimum Gasteiger partial charge on any atom is -0.323 e. The summed E-state index contributed by atoms with van der Waals surface area (Å²) in [5.41, 5.74) is 6.75. The van der Waals surface area contributed by atoms with Gasteiger partial charge in [0.25, 0.3) is 0 Å². The SMILES string of the molecule is C[C@H](N)c1ccc(Sc2nnc(C3CC3)n2C2CC2)cn1. The van der Waals surface area contributed by atoms with Crippen LogP contribution in [0.25, 0.3) is 0 Å². The second-order valence-electron chi connectivity index (χ2n) is 6.03. The number of hydrogen-bond acceptors (Lipinski definition) is 5. The van der Waals surface area contributed by atoms with Crippen molar-refractivity contribution in [2.24, 2.45) is 5.73 Å². The first-order chi connectivity index (χ1) is 10.2. The molecule has 2 aromatic rings. The van der Waals surface area contributed by atoms with E-state index in [4.69, 9.17) is 5.73 Å². The molecule has 1 atom stereocenters. The number of nitrogens with two attached hydrogens (primary N) is 1. The van der Waals surface area contributed by atoms with Crippen molar-refractivity contribution in [3.63, 3.8) is 0 Å². The van der Waals surface area contributed by atoms with Gasteiger partial charge in [0.15, 0.2) is 5.16 Å². The molecule has 5 nitrogen and oxygen atoms in total. The molecule has 0 amide bonds. The van der Waals surface area contributed by atoms with Crippen LogP contribution in [0.3, 0.4) is 0 Å². The van der Waals surface area contributed by atoms with Crippen LogP contribution in [-0.4, -0.2) is 19.7 Å². The van der Waals surface area contributed by atoms with Crippen LogP contribution in [0.1, 0.15) is 62.1 Å². The summed E-state index contributed by atoms with van der Waals surface area (Å²) >= 11 is 1.66. The summed E-state index contributed by atoms with van der Waals surface area (Å²) in [5, 5.41) is 9.86.